The zero-order valence-corrected chi connectivity index (χ0v) is 16.4. The molecule has 27 heavy (non-hydrogen) atoms. The number of hydrogen-bond acceptors (Lipinski definition) is 5. The highest BCUT2D eigenvalue weighted by Crippen LogP contribution is 2.17. The summed E-state index contributed by atoms with van der Waals surface area (Å²) in [6, 6.07) is 7.89. The normalized spacial score (nSPS) is 10.8. The molecule has 1 amide bonds. The van der Waals surface area contributed by atoms with Gasteiger partial charge in [0, 0.05) is 6.42 Å². The summed E-state index contributed by atoms with van der Waals surface area (Å²) in [5.41, 5.74) is 0.330. The van der Waals surface area contributed by atoms with Gasteiger partial charge in [0.25, 0.3) is 0 Å². The number of hydrogen-bond donors (Lipinski definition) is 1. The molecule has 0 atom stereocenters. The van der Waals surface area contributed by atoms with E-state index in [9.17, 15) is 14.4 Å². The Bertz CT molecular complexity index is 633. The van der Waals surface area contributed by atoms with Crippen molar-refractivity contribution in [3.8, 4) is 0 Å². The highest BCUT2D eigenvalue weighted by atomic mass is 16.6. The fourth-order valence-electron chi connectivity index (χ4n) is 2.64. The minimum Gasteiger partial charge on any atom is -0.464 e. The molecule has 0 heterocycles. The maximum absolute atomic E-state index is 12.4. The van der Waals surface area contributed by atoms with Crippen molar-refractivity contribution < 1.29 is 23.9 Å². The van der Waals surface area contributed by atoms with E-state index in [1.165, 1.54) is 0 Å². The van der Waals surface area contributed by atoms with Crippen molar-refractivity contribution in [3.05, 3.63) is 48.0 Å². The van der Waals surface area contributed by atoms with Crippen molar-refractivity contribution >= 4 is 17.8 Å². The summed E-state index contributed by atoms with van der Waals surface area (Å²) in [7, 11) is 0. The van der Waals surface area contributed by atoms with Crippen molar-refractivity contribution in [2.75, 3.05) is 13.2 Å². The zero-order valence-electron chi connectivity index (χ0n) is 16.4. The van der Waals surface area contributed by atoms with Crippen LogP contribution < -0.4 is 5.32 Å². The van der Waals surface area contributed by atoms with Gasteiger partial charge in [-0.3, -0.25) is 4.79 Å². The summed E-state index contributed by atoms with van der Waals surface area (Å²) in [6.45, 7) is 8.83. The molecule has 0 bridgehead atoms. The van der Waals surface area contributed by atoms with Crippen LogP contribution in [-0.4, -0.2) is 36.6 Å². The van der Waals surface area contributed by atoms with E-state index in [-0.39, 0.29) is 26.1 Å². The van der Waals surface area contributed by atoms with Gasteiger partial charge in [0.15, 0.2) is 0 Å². The second-order valence-corrected chi connectivity index (χ2v) is 6.06. The van der Waals surface area contributed by atoms with Crippen LogP contribution in [0.4, 0.5) is 0 Å². The standard InChI is InChI=1S/C21H29NO5/c1-5-9-16-10-12-17(13-11-16)14-15-18(23)22-21(6-2,19(24)26-7-3)20(25)27-8-4/h5,10-13H,1,6-9,14-15H2,2-4H3,(H,22,23). The van der Waals surface area contributed by atoms with E-state index in [4.69, 9.17) is 9.47 Å². The summed E-state index contributed by atoms with van der Waals surface area (Å²) in [4.78, 5) is 37.2. The molecule has 148 valence electrons. The average Bonchev–Trinajstić information content (AvgIpc) is 2.66. The van der Waals surface area contributed by atoms with Gasteiger partial charge >= 0.3 is 11.9 Å². The number of allylic oxidation sites excluding steroid dienone is 1. The molecule has 0 fully saturated rings. The van der Waals surface area contributed by atoms with E-state index >= 15 is 0 Å². The molecule has 0 aliphatic heterocycles. The maximum Gasteiger partial charge on any atom is 0.343 e. The van der Waals surface area contributed by atoms with Crippen LogP contribution in [-0.2, 0) is 36.7 Å². The van der Waals surface area contributed by atoms with Gasteiger partial charge in [-0.25, -0.2) is 9.59 Å². The molecule has 1 rings (SSSR count). The van der Waals surface area contributed by atoms with Gasteiger partial charge in [0.1, 0.15) is 0 Å². The minimum atomic E-state index is -1.81. The van der Waals surface area contributed by atoms with Gasteiger partial charge in [-0.05, 0) is 44.2 Å². The Morgan fingerprint density at radius 3 is 1.96 bits per heavy atom. The molecule has 0 saturated heterocycles. The van der Waals surface area contributed by atoms with E-state index in [0.717, 1.165) is 17.5 Å². The van der Waals surface area contributed by atoms with Crippen molar-refractivity contribution in [1.29, 1.82) is 0 Å². The summed E-state index contributed by atoms with van der Waals surface area (Å²) in [5, 5.41) is 2.55. The molecule has 1 aromatic rings. The van der Waals surface area contributed by atoms with E-state index in [0.29, 0.717) is 6.42 Å². The third-order valence-electron chi connectivity index (χ3n) is 4.17. The quantitative estimate of drug-likeness (QED) is 0.365. The molecule has 0 radical (unpaired) electrons. The van der Waals surface area contributed by atoms with Crippen LogP contribution in [0, 0.1) is 0 Å². The fourth-order valence-corrected chi connectivity index (χ4v) is 2.64. The first-order valence-electron chi connectivity index (χ1n) is 9.27. The van der Waals surface area contributed by atoms with Gasteiger partial charge in [0.2, 0.25) is 11.4 Å². The van der Waals surface area contributed by atoms with Crippen LogP contribution in [0.3, 0.4) is 0 Å². The predicted molar refractivity (Wildman–Crippen MR) is 103 cm³/mol. The summed E-state index contributed by atoms with van der Waals surface area (Å²) < 4.78 is 10.0. The van der Waals surface area contributed by atoms with Crippen LogP contribution >= 0.6 is 0 Å². The van der Waals surface area contributed by atoms with Crippen LogP contribution in [0.2, 0.25) is 0 Å². The van der Waals surface area contributed by atoms with Crippen molar-refractivity contribution in [1.82, 2.24) is 5.32 Å². The molecule has 6 heteroatoms. The van der Waals surface area contributed by atoms with Crippen LogP contribution in [0.15, 0.2) is 36.9 Å². The SMILES string of the molecule is C=CCc1ccc(CCC(=O)NC(CC)(C(=O)OCC)C(=O)OCC)cc1. The number of esters is 2. The third kappa shape index (κ3) is 6.24. The number of carbonyl (C=O) groups is 3. The first-order valence-corrected chi connectivity index (χ1v) is 9.27. The first-order chi connectivity index (χ1) is 12.9. The molecule has 0 aliphatic carbocycles. The molecule has 1 aromatic carbocycles. The lowest BCUT2D eigenvalue weighted by Gasteiger charge is -2.28. The lowest BCUT2D eigenvalue weighted by Crippen LogP contribution is -2.61. The van der Waals surface area contributed by atoms with E-state index in [1.807, 2.05) is 30.3 Å². The molecule has 0 spiro atoms. The third-order valence-corrected chi connectivity index (χ3v) is 4.17. The lowest BCUT2D eigenvalue weighted by atomic mass is 9.95. The Balaban J connectivity index is 2.81. The Hall–Kier alpha value is -2.63. The Labute approximate surface area is 160 Å². The molecule has 0 aromatic heterocycles. The van der Waals surface area contributed by atoms with Crippen LogP contribution in [0.1, 0.15) is 44.7 Å². The lowest BCUT2D eigenvalue weighted by molar-refractivity contribution is -0.168. The summed E-state index contributed by atoms with van der Waals surface area (Å²) >= 11 is 0. The molecular weight excluding hydrogens is 346 g/mol. The number of aryl methyl sites for hydroxylation is 1. The van der Waals surface area contributed by atoms with E-state index in [1.54, 1.807) is 20.8 Å². The smallest absolute Gasteiger partial charge is 0.343 e. The molecule has 1 N–H and O–H groups in total. The van der Waals surface area contributed by atoms with Gasteiger partial charge < -0.3 is 14.8 Å². The molecule has 0 aliphatic rings. The van der Waals surface area contributed by atoms with E-state index < -0.39 is 23.4 Å². The van der Waals surface area contributed by atoms with E-state index in [2.05, 4.69) is 11.9 Å². The van der Waals surface area contributed by atoms with Crippen molar-refractivity contribution in [2.24, 2.45) is 0 Å². The average molecular weight is 375 g/mol. The highest BCUT2D eigenvalue weighted by molar-refractivity contribution is 6.07. The van der Waals surface area contributed by atoms with Gasteiger partial charge in [-0.15, -0.1) is 6.58 Å². The van der Waals surface area contributed by atoms with Gasteiger partial charge in [-0.2, -0.15) is 0 Å². The van der Waals surface area contributed by atoms with Gasteiger partial charge in [0.05, 0.1) is 13.2 Å². The first kappa shape index (κ1) is 22.4. The van der Waals surface area contributed by atoms with Crippen molar-refractivity contribution in [2.45, 2.75) is 52.0 Å². The van der Waals surface area contributed by atoms with Gasteiger partial charge in [-0.1, -0.05) is 37.3 Å². The zero-order chi connectivity index (χ0) is 20.3. The topological polar surface area (TPSA) is 81.7 Å². The fraction of sp³-hybridized carbons (Fsp3) is 0.476. The number of rotatable bonds is 11. The number of nitrogens with one attached hydrogen (secondary N) is 1. The minimum absolute atomic E-state index is 0.0483. The maximum atomic E-state index is 12.4. The summed E-state index contributed by atoms with van der Waals surface area (Å²) in [5.74, 6) is -2.01. The molecule has 0 unspecified atom stereocenters. The summed E-state index contributed by atoms with van der Waals surface area (Å²) in [6.07, 6.45) is 3.30. The number of ether oxygens (including phenoxy) is 2. The monoisotopic (exact) mass is 375 g/mol. The Morgan fingerprint density at radius 1 is 1.00 bits per heavy atom. The number of carbonyl (C=O) groups excluding carboxylic acids is 3. The number of amides is 1. The highest BCUT2D eigenvalue weighted by Gasteiger charge is 2.48. The second-order valence-electron chi connectivity index (χ2n) is 6.06. The van der Waals surface area contributed by atoms with Crippen molar-refractivity contribution in [3.63, 3.8) is 0 Å². The van der Waals surface area contributed by atoms with Crippen LogP contribution in [0.5, 0.6) is 0 Å². The predicted octanol–water partition coefficient (Wildman–Crippen LogP) is 2.74. The molecular formula is C21H29NO5. The largest absolute Gasteiger partial charge is 0.464 e. The second kappa shape index (κ2) is 11.2. The number of benzene rings is 1. The molecule has 0 saturated carbocycles. The Morgan fingerprint density at radius 2 is 1.52 bits per heavy atom. The van der Waals surface area contributed by atoms with Crippen LogP contribution in [0.25, 0.3) is 0 Å². The Kier molecular flexibility index (Phi) is 9.26. The molecule has 6 nitrogen and oxygen atoms in total.